The number of nitrogens with zero attached hydrogens (tertiary/aromatic N) is 3. The first kappa shape index (κ1) is 18.4. The first-order valence-electron chi connectivity index (χ1n) is 9.23. The van der Waals surface area contributed by atoms with E-state index in [-0.39, 0.29) is 6.10 Å². The van der Waals surface area contributed by atoms with Crippen molar-refractivity contribution in [1.29, 1.82) is 0 Å². The van der Waals surface area contributed by atoms with Crippen LogP contribution in [0.3, 0.4) is 0 Å². The lowest BCUT2D eigenvalue weighted by Crippen LogP contribution is -2.47. The third-order valence-electron chi connectivity index (χ3n) is 4.75. The molecule has 0 aromatic carbocycles. The van der Waals surface area contributed by atoms with Gasteiger partial charge in [-0.3, -0.25) is 9.89 Å². The van der Waals surface area contributed by atoms with Gasteiger partial charge in [0.2, 0.25) is 0 Å². The predicted molar refractivity (Wildman–Crippen MR) is 101 cm³/mol. The highest BCUT2D eigenvalue weighted by atomic mass is 35.5. The van der Waals surface area contributed by atoms with Crippen molar-refractivity contribution >= 4 is 17.6 Å². The Bertz CT molecular complexity index is 565. The molecule has 2 atom stereocenters. The van der Waals surface area contributed by atoms with Crippen LogP contribution in [0.2, 0.25) is 5.15 Å². The Labute approximate surface area is 155 Å². The minimum absolute atomic E-state index is 0.199. The molecule has 2 N–H and O–H groups in total. The van der Waals surface area contributed by atoms with Crippen molar-refractivity contribution in [2.45, 2.75) is 38.3 Å². The lowest BCUT2D eigenvalue weighted by Gasteiger charge is -2.34. The third kappa shape index (κ3) is 5.56. The first-order chi connectivity index (χ1) is 12.2. The molecule has 1 aromatic rings. The number of pyridine rings is 1. The van der Waals surface area contributed by atoms with Crippen LogP contribution < -0.4 is 10.6 Å². The number of aliphatic imine (C=N–C) groups is 1. The summed E-state index contributed by atoms with van der Waals surface area (Å²) in [6.45, 7) is 7.48. The number of fused-ring (bicyclic) bond motifs is 1. The molecule has 2 aliphatic heterocycles. The van der Waals surface area contributed by atoms with Gasteiger partial charge in [-0.25, -0.2) is 4.98 Å². The predicted octanol–water partition coefficient (Wildman–Crippen LogP) is 1.70. The number of ether oxygens (including phenoxy) is 1. The lowest BCUT2D eigenvalue weighted by molar-refractivity contribution is -0.0432. The summed E-state index contributed by atoms with van der Waals surface area (Å²) in [4.78, 5) is 11.4. The maximum atomic E-state index is 5.98. The molecule has 2 fully saturated rings. The molecule has 2 unspecified atom stereocenters. The van der Waals surface area contributed by atoms with E-state index in [0.717, 1.165) is 44.2 Å². The molecule has 2 aliphatic rings. The number of nitrogens with one attached hydrogen (secondary N) is 2. The van der Waals surface area contributed by atoms with E-state index >= 15 is 0 Å². The van der Waals surface area contributed by atoms with E-state index in [0.29, 0.717) is 17.7 Å². The summed E-state index contributed by atoms with van der Waals surface area (Å²) >= 11 is 5.81. The van der Waals surface area contributed by atoms with Gasteiger partial charge in [-0.2, -0.15) is 0 Å². The number of rotatable bonds is 6. The standard InChI is InChI=1S/C18H28ClN5O/c1-2-20-18(21-8-7-14-5-6-17(19)22-10-14)23-11-16-12-24-9-3-4-15(24)13-25-16/h5-6,10,15-16H,2-4,7-9,11-13H2,1H3,(H2,20,21,23). The fourth-order valence-corrected chi connectivity index (χ4v) is 3.52. The van der Waals surface area contributed by atoms with Crippen molar-refractivity contribution in [3.05, 3.63) is 29.0 Å². The number of hydrogen-bond acceptors (Lipinski definition) is 4. The number of morpholine rings is 1. The summed E-state index contributed by atoms with van der Waals surface area (Å²) in [5.74, 6) is 0.844. The minimum atomic E-state index is 0.199. The highest BCUT2D eigenvalue weighted by Gasteiger charge is 2.31. The van der Waals surface area contributed by atoms with Crippen LogP contribution in [-0.4, -0.2) is 67.3 Å². The highest BCUT2D eigenvalue weighted by molar-refractivity contribution is 6.29. The van der Waals surface area contributed by atoms with E-state index in [4.69, 9.17) is 21.3 Å². The number of guanidine groups is 1. The summed E-state index contributed by atoms with van der Waals surface area (Å²) < 4.78 is 5.98. The summed E-state index contributed by atoms with van der Waals surface area (Å²) in [6, 6.07) is 4.46. The van der Waals surface area contributed by atoms with Crippen molar-refractivity contribution in [2.75, 3.05) is 39.3 Å². The van der Waals surface area contributed by atoms with Gasteiger partial charge >= 0.3 is 0 Å². The van der Waals surface area contributed by atoms with Gasteiger partial charge < -0.3 is 15.4 Å². The van der Waals surface area contributed by atoms with Crippen LogP contribution in [0.25, 0.3) is 0 Å². The van der Waals surface area contributed by atoms with Gasteiger partial charge in [0.25, 0.3) is 0 Å². The smallest absolute Gasteiger partial charge is 0.191 e. The average Bonchev–Trinajstić information content (AvgIpc) is 3.09. The Hall–Kier alpha value is -1.37. The number of hydrogen-bond donors (Lipinski definition) is 2. The summed E-state index contributed by atoms with van der Waals surface area (Å²) in [5, 5.41) is 7.20. The van der Waals surface area contributed by atoms with Gasteiger partial charge in [0.15, 0.2) is 5.96 Å². The Kier molecular flexibility index (Phi) is 6.90. The molecule has 0 aliphatic carbocycles. The Morgan fingerprint density at radius 2 is 2.36 bits per heavy atom. The largest absolute Gasteiger partial charge is 0.373 e. The molecule has 6 nitrogen and oxygen atoms in total. The second-order valence-corrected chi connectivity index (χ2v) is 7.02. The zero-order valence-electron chi connectivity index (χ0n) is 14.9. The van der Waals surface area contributed by atoms with Gasteiger partial charge in [0, 0.05) is 31.9 Å². The van der Waals surface area contributed by atoms with E-state index in [1.165, 1.54) is 19.4 Å². The third-order valence-corrected chi connectivity index (χ3v) is 4.98. The van der Waals surface area contributed by atoms with Gasteiger partial charge in [0.05, 0.1) is 19.3 Å². The van der Waals surface area contributed by atoms with E-state index in [2.05, 4.69) is 27.4 Å². The fraction of sp³-hybridized carbons (Fsp3) is 0.667. The van der Waals surface area contributed by atoms with E-state index in [9.17, 15) is 0 Å². The molecular formula is C18H28ClN5O. The molecule has 0 amide bonds. The molecule has 0 bridgehead atoms. The topological polar surface area (TPSA) is 61.8 Å². The Morgan fingerprint density at radius 1 is 1.44 bits per heavy atom. The molecular weight excluding hydrogens is 338 g/mol. The molecule has 3 rings (SSSR count). The van der Waals surface area contributed by atoms with Crippen LogP contribution in [0.5, 0.6) is 0 Å². The first-order valence-corrected chi connectivity index (χ1v) is 9.60. The van der Waals surface area contributed by atoms with Crippen LogP contribution in [-0.2, 0) is 11.2 Å². The molecule has 25 heavy (non-hydrogen) atoms. The monoisotopic (exact) mass is 365 g/mol. The zero-order chi connectivity index (χ0) is 17.5. The van der Waals surface area contributed by atoms with E-state index in [1.807, 2.05) is 18.3 Å². The minimum Gasteiger partial charge on any atom is -0.373 e. The van der Waals surface area contributed by atoms with Gasteiger partial charge in [0.1, 0.15) is 5.15 Å². The van der Waals surface area contributed by atoms with Crippen LogP contribution in [0.1, 0.15) is 25.3 Å². The molecule has 0 saturated carbocycles. The quantitative estimate of drug-likeness (QED) is 0.456. The maximum Gasteiger partial charge on any atom is 0.191 e. The van der Waals surface area contributed by atoms with E-state index in [1.54, 1.807) is 0 Å². The normalized spacial score (nSPS) is 24.2. The van der Waals surface area contributed by atoms with Crippen molar-refractivity contribution in [2.24, 2.45) is 4.99 Å². The van der Waals surface area contributed by atoms with E-state index < -0.39 is 0 Å². The molecule has 3 heterocycles. The van der Waals surface area contributed by atoms with Crippen molar-refractivity contribution in [3.63, 3.8) is 0 Å². The summed E-state index contributed by atoms with van der Waals surface area (Å²) in [7, 11) is 0. The average molecular weight is 366 g/mol. The molecule has 1 aromatic heterocycles. The fourth-order valence-electron chi connectivity index (χ4n) is 3.41. The second-order valence-electron chi connectivity index (χ2n) is 6.63. The van der Waals surface area contributed by atoms with Crippen LogP contribution >= 0.6 is 11.6 Å². The maximum absolute atomic E-state index is 5.98. The van der Waals surface area contributed by atoms with Crippen molar-refractivity contribution in [1.82, 2.24) is 20.5 Å². The molecule has 138 valence electrons. The van der Waals surface area contributed by atoms with Crippen LogP contribution in [0.4, 0.5) is 0 Å². The van der Waals surface area contributed by atoms with Crippen molar-refractivity contribution in [3.8, 4) is 0 Å². The highest BCUT2D eigenvalue weighted by Crippen LogP contribution is 2.22. The number of aromatic nitrogens is 1. The van der Waals surface area contributed by atoms with Gasteiger partial charge in [-0.05, 0) is 44.4 Å². The Balaban J connectivity index is 1.44. The zero-order valence-corrected chi connectivity index (χ0v) is 15.6. The van der Waals surface area contributed by atoms with Crippen LogP contribution in [0.15, 0.2) is 23.3 Å². The lowest BCUT2D eigenvalue weighted by atomic mass is 10.2. The van der Waals surface area contributed by atoms with Gasteiger partial charge in [-0.1, -0.05) is 17.7 Å². The molecule has 0 radical (unpaired) electrons. The Morgan fingerprint density at radius 3 is 3.16 bits per heavy atom. The van der Waals surface area contributed by atoms with Crippen LogP contribution in [0, 0.1) is 0 Å². The molecule has 2 saturated heterocycles. The molecule has 7 heteroatoms. The van der Waals surface area contributed by atoms with Gasteiger partial charge in [-0.15, -0.1) is 0 Å². The second kappa shape index (κ2) is 9.36. The summed E-state index contributed by atoms with van der Waals surface area (Å²) in [5.41, 5.74) is 1.16. The number of halogens is 1. The molecule has 0 spiro atoms. The van der Waals surface area contributed by atoms with Crippen molar-refractivity contribution < 1.29 is 4.74 Å². The summed E-state index contributed by atoms with van der Waals surface area (Å²) in [6.07, 6.45) is 5.47. The SMILES string of the molecule is CCNC(=NCC1CN2CCCC2CO1)NCCc1ccc(Cl)nc1.